The number of nitrogens with one attached hydrogen (secondary N) is 1. The SMILES string of the molecule is CCOc1ccc(NC(=O)c2ccc3c(c2)C[C@H](C)N3S(C)(=O)=O)cc1OCC. The molecule has 0 spiro atoms. The van der Waals surface area contributed by atoms with Crippen LogP contribution >= 0.6 is 0 Å². The number of hydrogen-bond acceptors (Lipinski definition) is 5. The Bertz CT molecular complexity index is 1020. The first-order valence-corrected chi connectivity index (χ1v) is 11.4. The first-order valence-electron chi connectivity index (χ1n) is 9.58. The molecule has 1 heterocycles. The topological polar surface area (TPSA) is 84.9 Å². The van der Waals surface area contributed by atoms with Crippen molar-refractivity contribution in [3.63, 3.8) is 0 Å². The molecule has 1 aliphatic rings. The minimum absolute atomic E-state index is 0.168. The molecule has 0 bridgehead atoms. The molecule has 1 atom stereocenters. The van der Waals surface area contributed by atoms with Gasteiger partial charge in [-0.25, -0.2) is 8.42 Å². The second-order valence-corrected chi connectivity index (χ2v) is 8.80. The third-order valence-electron chi connectivity index (χ3n) is 4.65. The highest BCUT2D eigenvalue weighted by atomic mass is 32.2. The van der Waals surface area contributed by atoms with Gasteiger partial charge < -0.3 is 14.8 Å². The van der Waals surface area contributed by atoms with E-state index in [0.29, 0.717) is 48.1 Å². The van der Waals surface area contributed by atoms with Crippen LogP contribution in [-0.4, -0.2) is 39.8 Å². The summed E-state index contributed by atoms with van der Waals surface area (Å²) in [7, 11) is -3.36. The van der Waals surface area contributed by atoms with E-state index in [1.807, 2.05) is 20.8 Å². The highest BCUT2D eigenvalue weighted by Gasteiger charge is 2.32. The zero-order chi connectivity index (χ0) is 21.2. The Morgan fingerprint density at radius 3 is 2.45 bits per heavy atom. The lowest BCUT2D eigenvalue weighted by Gasteiger charge is -2.21. The molecule has 0 aliphatic carbocycles. The van der Waals surface area contributed by atoms with Crippen molar-refractivity contribution >= 4 is 27.3 Å². The summed E-state index contributed by atoms with van der Waals surface area (Å²) >= 11 is 0. The largest absolute Gasteiger partial charge is 0.490 e. The maximum Gasteiger partial charge on any atom is 0.255 e. The number of ether oxygens (including phenoxy) is 2. The van der Waals surface area contributed by atoms with Crippen LogP contribution in [0.4, 0.5) is 11.4 Å². The predicted octanol–water partition coefficient (Wildman–Crippen LogP) is 3.45. The zero-order valence-electron chi connectivity index (χ0n) is 17.1. The van der Waals surface area contributed by atoms with Gasteiger partial charge in [0.05, 0.1) is 25.2 Å². The number of fused-ring (bicyclic) bond motifs is 1. The minimum atomic E-state index is -3.36. The lowest BCUT2D eigenvalue weighted by Crippen LogP contribution is -2.34. The summed E-state index contributed by atoms with van der Waals surface area (Å²) < 4.78 is 36.6. The molecule has 0 unspecified atom stereocenters. The van der Waals surface area contributed by atoms with Crippen LogP contribution in [0.2, 0.25) is 0 Å². The summed E-state index contributed by atoms with van der Waals surface area (Å²) in [5.41, 5.74) is 2.54. The Kier molecular flexibility index (Phi) is 6.02. The van der Waals surface area contributed by atoms with Crippen molar-refractivity contribution in [2.75, 3.05) is 29.1 Å². The number of rotatable bonds is 7. The Morgan fingerprint density at radius 2 is 1.79 bits per heavy atom. The maximum atomic E-state index is 12.7. The molecule has 1 amide bonds. The van der Waals surface area contributed by atoms with Crippen LogP contribution in [0, 0.1) is 0 Å². The minimum Gasteiger partial charge on any atom is -0.490 e. The highest BCUT2D eigenvalue weighted by Crippen LogP contribution is 2.35. The summed E-state index contributed by atoms with van der Waals surface area (Å²) in [4.78, 5) is 12.7. The second-order valence-electron chi connectivity index (χ2n) is 6.94. The van der Waals surface area contributed by atoms with Gasteiger partial charge in [-0.2, -0.15) is 0 Å². The van der Waals surface area contributed by atoms with E-state index in [1.54, 1.807) is 36.4 Å². The average molecular weight is 419 g/mol. The lowest BCUT2D eigenvalue weighted by atomic mass is 10.1. The standard InChI is InChI=1S/C21H26N2O5S/c1-5-27-19-10-8-17(13-20(19)28-6-2)22-21(24)15-7-9-18-16(12-15)11-14(3)23(18)29(4,25)26/h7-10,12-14H,5-6,11H2,1-4H3,(H,22,24)/t14-/m0/s1. The molecule has 1 aliphatic heterocycles. The van der Waals surface area contributed by atoms with Crippen molar-refractivity contribution in [2.45, 2.75) is 33.2 Å². The number of amides is 1. The van der Waals surface area contributed by atoms with Crippen LogP contribution in [0.15, 0.2) is 36.4 Å². The number of carbonyl (C=O) groups is 1. The Hall–Kier alpha value is -2.74. The molecule has 156 valence electrons. The van der Waals surface area contributed by atoms with E-state index in [1.165, 1.54) is 10.6 Å². The smallest absolute Gasteiger partial charge is 0.255 e. The molecule has 29 heavy (non-hydrogen) atoms. The quantitative estimate of drug-likeness (QED) is 0.744. The van der Waals surface area contributed by atoms with Gasteiger partial charge in [0.25, 0.3) is 5.91 Å². The molecule has 8 heteroatoms. The van der Waals surface area contributed by atoms with Crippen LogP contribution < -0.4 is 19.1 Å². The Balaban J connectivity index is 1.82. The maximum absolute atomic E-state index is 12.7. The first kappa shape index (κ1) is 21.0. The monoisotopic (exact) mass is 418 g/mol. The highest BCUT2D eigenvalue weighted by molar-refractivity contribution is 7.92. The van der Waals surface area contributed by atoms with Crippen molar-refractivity contribution < 1.29 is 22.7 Å². The van der Waals surface area contributed by atoms with Crippen LogP contribution in [-0.2, 0) is 16.4 Å². The number of anilines is 2. The van der Waals surface area contributed by atoms with Crippen LogP contribution in [0.3, 0.4) is 0 Å². The van der Waals surface area contributed by atoms with Gasteiger partial charge in [0, 0.05) is 23.4 Å². The van der Waals surface area contributed by atoms with Crippen molar-refractivity contribution in [2.24, 2.45) is 0 Å². The number of benzene rings is 2. The molecule has 1 N–H and O–H groups in total. The fourth-order valence-electron chi connectivity index (χ4n) is 3.58. The number of hydrogen-bond donors (Lipinski definition) is 1. The third kappa shape index (κ3) is 4.48. The lowest BCUT2D eigenvalue weighted by molar-refractivity contribution is 0.102. The Labute approximate surface area is 171 Å². The van der Waals surface area contributed by atoms with Gasteiger partial charge in [0.2, 0.25) is 10.0 Å². The molecule has 0 aromatic heterocycles. The van der Waals surface area contributed by atoms with E-state index in [0.717, 1.165) is 5.56 Å². The van der Waals surface area contributed by atoms with Gasteiger partial charge in [0.15, 0.2) is 11.5 Å². The van der Waals surface area contributed by atoms with Crippen molar-refractivity contribution in [1.82, 2.24) is 0 Å². The summed E-state index contributed by atoms with van der Waals surface area (Å²) in [5.74, 6) is 0.920. The van der Waals surface area contributed by atoms with Crippen LogP contribution in [0.1, 0.15) is 36.7 Å². The third-order valence-corrected chi connectivity index (χ3v) is 5.92. The average Bonchev–Trinajstić information content (AvgIpc) is 2.99. The van der Waals surface area contributed by atoms with Crippen molar-refractivity contribution in [3.05, 3.63) is 47.5 Å². The molecule has 0 saturated heterocycles. The van der Waals surface area contributed by atoms with Crippen molar-refractivity contribution in [3.8, 4) is 11.5 Å². The van der Waals surface area contributed by atoms with Gasteiger partial charge in [0.1, 0.15) is 0 Å². The molecule has 3 rings (SSSR count). The normalized spacial score (nSPS) is 15.7. The molecular formula is C21H26N2O5S. The fraction of sp³-hybridized carbons (Fsp3) is 0.381. The van der Waals surface area contributed by atoms with Crippen molar-refractivity contribution in [1.29, 1.82) is 0 Å². The number of nitrogens with zero attached hydrogens (tertiary/aromatic N) is 1. The van der Waals surface area contributed by atoms with Gasteiger partial charge >= 0.3 is 0 Å². The van der Waals surface area contributed by atoms with Gasteiger partial charge in [-0.05, 0) is 63.1 Å². The van der Waals surface area contributed by atoms with Gasteiger partial charge in [-0.3, -0.25) is 9.10 Å². The molecule has 2 aromatic rings. The first-order chi connectivity index (χ1) is 13.7. The van der Waals surface area contributed by atoms with E-state index >= 15 is 0 Å². The number of sulfonamides is 1. The molecular weight excluding hydrogens is 392 g/mol. The molecule has 2 aromatic carbocycles. The Morgan fingerprint density at radius 1 is 1.10 bits per heavy atom. The second kappa shape index (κ2) is 8.32. The fourth-order valence-corrected chi connectivity index (χ4v) is 4.85. The predicted molar refractivity (Wildman–Crippen MR) is 114 cm³/mol. The van der Waals surface area contributed by atoms with Crippen LogP contribution in [0.5, 0.6) is 11.5 Å². The summed E-state index contributed by atoms with van der Waals surface area (Å²) in [6, 6.07) is 10.2. The van der Waals surface area contributed by atoms with Crippen LogP contribution in [0.25, 0.3) is 0 Å². The summed E-state index contributed by atoms with van der Waals surface area (Å²) in [6.45, 7) is 6.63. The van der Waals surface area contributed by atoms with E-state index in [-0.39, 0.29) is 11.9 Å². The molecule has 0 radical (unpaired) electrons. The van der Waals surface area contributed by atoms with E-state index in [4.69, 9.17) is 9.47 Å². The molecule has 0 saturated carbocycles. The van der Waals surface area contributed by atoms with Gasteiger partial charge in [-0.15, -0.1) is 0 Å². The molecule has 7 nitrogen and oxygen atoms in total. The number of carbonyl (C=O) groups excluding carboxylic acids is 1. The molecule has 0 fully saturated rings. The summed E-state index contributed by atoms with van der Waals surface area (Å²) in [5, 5.41) is 2.86. The van der Waals surface area contributed by atoms with Gasteiger partial charge in [-0.1, -0.05) is 0 Å². The zero-order valence-corrected chi connectivity index (χ0v) is 17.9. The van der Waals surface area contributed by atoms with E-state index < -0.39 is 10.0 Å². The summed E-state index contributed by atoms with van der Waals surface area (Å²) in [6.07, 6.45) is 1.77. The van der Waals surface area contributed by atoms with E-state index in [9.17, 15) is 13.2 Å². The van der Waals surface area contributed by atoms with E-state index in [2.05, 4.69) is 5.32 Å².